The maximum atomic E-state index is 5.95. The van der Waals surface area contributed by atoms with E-state index in [9.17, 15) is 0 Å². The molecule has 17 heavy (non-hydrogen) atoms. The summed E-state index contributed by atoms with van der Waals surface area (Å²) in [5, 5.41) is 4.54. The highest BCUT2D eigenvalue weighted by Gasteiger charge is 2.40. The quantitative estimate of drug-likeness (QED) is 0.850. The van der Waals surface area contributed by atoms with Crippen LogP contribution in [0.25, 0.3) is 0 Å². The summed E-state index contributed by atoms with van der Waals surface area (Å²) in [4.78, 5) is 0. The summed E-state index contributed by atoms with van der Waals surface area (Å²) in [6, 6.07) is 6.81. The van der Waals surface area contributed by atoms with Gasteiger partial charge in [0.1, 0.15) is 0 Å². The Balaban J connectivity index is 1.62. The van der Waals surface area contributed by atoms with E-state index < -0.39 is 0 Å². The second-order valence-corrected chi connectivity index (χ2v) is 6.61. The SMILES string of the molecule is Clc1ccc(CNC(C2CC2)C2CC2)c(Br)c1. The Morgan fingerprint density at radius 3 is 2.41 bits per heavy atom. The van der Waals surface area contributed by atoms with E-state index in [0.717, 1.165) is 33.9 Å². The van der Waals surface area contributed by atoms with Crippen LogP contribution < -0.4 is 5.32 Å². The van der Waals surface area contributed by atoms with Crippen LogP contribution in [-0.4, -0.2) is 6.04 Å². The first kappa shape index (κ1) is 12.0. The highest BCUT2D eigenvalue weighted by molar-refractivity contribution is 9.10. The normalized spacial score (nSPS) is 19.9. The molecule has 1 N–H and O–H groups in total. The van der Waals surface area contributed by atoms with Crippen LogP contribution >= 0.6 is 27.5 Å². The van der Waals surface area contributed by atoms with Crippen molar-refractivity contribution >= 4 is 27.5 Å². The molecule has 0 saturated heterocycles. The highest BCUT2D eigenvalue weighted by Crippen LogP contribution is 2.44. The fourth-order valence-electron chi connectivity index (χ4n) is 2.52. The molecule has 0 spiro atoms. The van der Waals surface area contributed by atoms with Crippen molar-refractivity contribution < 1.29 is 0 Å². The molecule has 2 aliphatic rings. The molecule has 0 unspecified atom stereocenters. The lowest BCUT2D eigenvalue weighted by molar-refractivity contribution is 0.415. The van der Waals surface area contributed by atoms with Gasteiger partial charge in [-0.2, -0.15) is 0 Å². The molecular formula is C14H17BrClN. The molecule has 3 heteroatoms. The van der Waals surface area contributed by atoms with Gasteiger partial charge in [0.2, 0.25) is 0 Å². The second kappa shape index (κ2) is 4.91. The Morgan fingerprint density at radius 2 is 1.88 bits per heavy atom. The van der Waals surface area contributed by atoms with Gasteiger partial charge < -0.3 is 5.32 Å². The fraction of sp³-hybridized carbons (Fsp3) is 0.571. The first-order valence-electron chi connectivity index (χ1n) is 6.41. The van der Waals surface area contributed by atoms with Gasteiger partial charge in [-0.25, -0.2) is 0 Å². The molecule has 0 radical (unpaired) electrons. The molecule has 0 atom stereocenters. The van der Waals surface area contributed by atoms with Crippen LogP contribution in [0, 0.1) is 11.8 Å². The van der Waals surface area contributed by atoms with E-state index in [1.165, 1.54) is 31.2 Å². The Kier molecular flexibility index (Phi) is 3.47. The van der Waals surface area contributed by atoms with Crippen LogP contribution in [0.5, 0.6) is 0 Å². The molecule has 0 bridgehead atoms. The summed E-state index contributed by atoms with van der Waals surface area (Å²) in [5.41, 5.74) is 1.31. The van der Waals surface area contributed by atoms with Crippen LogP contribution in [-0.2, 0) is 6.54 Å². The van der Waals surface area contributed by atoms with Gasteiger partial charge >= 0.3 is 0 Å². The molecule has 3 rings (SSSR count). The molecular weight excluding hydrogens is 298 g/mol. The van der Waals surface area contributed by atoms with Crippen molar-refractivity contribution in [3.63, 3.8) is 0 Å². The van der Waals surface area contributed by atoms with Crippen molar-refractivity contribution in [1.82, 2.24) is 5.32 Å². The van der Waals surface area contributed by atoms with E-state index in [2.05, 4.69) is 27.3 Å². The lowest BCUT2D eigenvalue weighted by atomic mass is 10.1. The molecule has 92 valence electrons. The molecule has 2 fully saturated rings. The third-order valence-electron chi connectivity index (χ3n) is 3.80. The third kappa shape index (κ3) is 3.04. The van der Waals surface area contributed by atoms with E-state index in [4.69, 9.17) is 11.6 Å². The minimum Gasteiger partial charge on any atom is -0.309 e. The first-order valence-corrected chi connectivity index (χ1v) is 7.58. The van der Waals surface area contributed by atoms with Crippen molar-refractivity contribution in [3.8, 4) is 0 Å². The molecule has 2 saturated carbocycles. The lowest BCUT2D eigenvalue weighted by Gasteiger charge is -2.18. The van der Waals surface area contributed by atoms with E-state index >= 15 is 0 Å². The highest BCUT2D eigenvalue weighted by atomic mass is 79.9. The number of rotatable bonds is 5. The summed E-state index contributed by atoms with van der Waals surface area (Å²) in [5.74, 6) is 1.90. The molecule has 1 aromatic carbocycles. The van der Waals surface area contributed by atoms with Gasteiger partial charge in [-0.15, -0.1) is 0 Å². The Labute approximate surface area is 116 Å². The monoisotopic (exact) mass is 313 g/mol. The average Bonchev–Trinajstić information content (AvgIpc) is 3.15. The van der Waals surface area contributed by atoms with Gasteiger partial charge in [-0.05, 0) is 55.2 Å². The molecule has 0 aromatic heterocycles. The predicted molar refractivity (Wildman–Crippen MR) is 75.2 cm³/mol. The number of benzene rings is 1. The van der Waals surface area contributed by atoms with E-state index in [1.807, 2.05) is 12.1 Å². The van der Waals surface area contributed by atoms with Crippen molar-refractivity contribution in [2.45, 2.75) is 38.3 Å². The molecule has 1 aromatic rings. The maximum absolute atomic E-state index is 5.95. The van der Waals surface area contributed by atoms with Gasteiger partial charge in [-0.3, -0.25) is 0 Å². The summed E-state index contributed by atoms with van der Waals surface area (Å²) in [6.45, 7) is 0.954. The zero-order valence-corrected chi connectivity index (χ0v) is 12.1. The average molecular weight is 315 g/mol. The smallest absolute Gasteiger partial charge is 0.0417 e. The second-order valence-electron chi connectivity index (χ2n) is 5.32. The minimum atomic E-state index is 0.762. The molecule has 0 aliphatic heterocycles. The molecule has 1 nitrogen and oxygen atoms in total. The van der Waals surface area contributed by atoms with Crippen LogP contribution in [0.3, 0.4) is 0 Å². The lowest BCUT2D eigenvalue weighted by Crippen LogP contribution is -2.32. The van der Waals surface area contributed by atoms with Crippen LogP contribution in [0.2, 0.25) is 5.02 Å². The number of hydrogen-bond donors (Lipinski definition) is 1. The summed E-state index contributed by atoms with van der Waals surface area (Å²) in [6.07, 6.45) is 5.71. The van der Waals surface area contributed by atoms with Crippen molar-refractivity contribution in [1.29, 1.82) is 0 Å². The topological polar surface area (TPSA) is 12.0 Å². The van der Waals surface area contributed by atoms with Gasteiger partial charge in [0.25, 0.3) is 0 Å². The summed E-state index contributed by atoms with van der Waals surface area (Å²) < 4.78 is 1.11. The van der Waals surface area contributed by atoms with Gasteiger partial charge in [-0.1, -0.05) is 33.6 Å². The Bertz CT molecular complexity index is 401. The number of nitrogens with one attached hydrogen (secondary N) is 1. The van der Waals surface area contributed by atoms with E-state index in [-0.39, 0.29) is 0 Å². The minimum absolute atomic E-state index is 0.762. The summed E-state index contributed by atoms with van der Waals surface area (Å²) in [7, 11) is 0. The largest absolute Gasteiger partial charge is 0.309 e. The van der Waals surface area contributed by atoms with Crippen LogP contribution in [0.4, 0.5) is 0 Å². The number of hydrogen-bond acceptors (Lipinski definition) is 1. The third-order valence-corrected chi connectivity index (χ3v) is 4.78. The molecule has 2 aliphatic carbocycles. The standard InChI is InChI=1S/C14H17BrClN/c15-13-7-12(16)6-5-11(13)8-17-14(9-1-2-9)10-3-4-10/h5-7,9-10,14,17H,1-4,8H2. The van der Waals surface area contributed by atoms with Crippen LogP contribution in [0.15, 0.2) is 22.7 Å². The van der Waals surface area contributed by atoms with Crippen molar-refractivity contribution in [2.75, 3.05) is 0 Å². The zero-order chi connectivity index (χ0) is 11.8. The van der Waals surface area contributed by atoms with E-state index in [0.29, 0.717) is 0 Å². The molecule has 0 heterocycles. The van der Waals surface area contributed by atoms with Gasteiger partial charge in [0.15, 0.2) is 0 Å². The van der Waals surface area contributed by atoms with Crippen LogP contribution in [0.1, 0.15) is 31.2 Å². The maximum Gasteiger partial charge on any atom is 0.0417 e. The number of halogens is 2. The van der Waals surface area contributed by atoms with Gasteiger partial charge in [0, 0.05) is 22.1 Å². The predicted octanol–water partition coefficient (Wildman–Crippen LogP) is 4.38. The van der Waals surface area contributed by atoms with Crippen molar-refractivity contribution in [3.05, 3.63) is 33.3 Å². The fourth-order valence-corrected chi connectivity index (χ4v) is 3.34. The van der Waals surface area contributed by atoms with Gasteiger partial charge in [0.05, 0.1) is 0 Å². The zero-order valence-electron chi connectivity index (χ0n) is 9.76. The Morgan fingerprint density at radius 1 is 1.24 bits per heavy atom. The summed E-state index contributed by atoms with van der Waals surface area (Å²) >= 11 is 9.53. The molecule has 0 amide bonds. The first-order chi connectivity index (χ1) is 8.24. The van der Waals surface area contributed by atoms with Crippen molar-refractivity contribution in [2.24, 2.45) is 11.8 Å². The van der Waals surface area contributed by atoms with E-state index in [1.54, 1.807) is 0 Å². The Hall–Kier alpha value is -0.0500.